The van der Waals surface area contributed by atoms with Crippen molar-refractivity contribution in [1.82, 2.24) is 20.1 Å². The molecule has 11 heteroatoms. The van der Waals surface area contributed by atoms with Crippen LogP contribution >= 0.6 is 0 Å². The second-order valence-electron chi connectivity index (χ2n) is 8.04. The highest BCUT2D eigenvalue weighted by molar-refractivity contribution is 5.99. The Balaban J connectivity index is 1.42. The minimum atomic E-state index is -0.441. The number of nitrogens with one attached hydrogen (secondary N) is 4. The van der Waals surface area contributed by atoms with Crippen LogP contribution in [0, 0.1) is 6.92 Å². The molecule has 0 aromatic carbocycles. The van der Waals surface area contributed by atoms with Crippen molar-refractivity contribution < 1.29 is 14.1 Å². The number of hydrogen-bond acceptors (Lipinski definition) is 9. The van der Waals surface area contributed by atoms with Gasteiger partial charge in [-0.1, -0.05) is 25.9 Å². The van der Waals surface area contributed by atoms with E-state index in [1.54, 1.807) is 25.1 Å². The van der Waals surface area contributed by atoms with Gasteiger partial charge in [-0.05, 0) is 19.1 Å². The van der Waals surface area contributed by atoms with Gasteiger partial charge in [-0.3, -0.25) is 5.32 Å². The third-order valence-corrected chi connectivity index (χ3v) is 4.52. The number of hydrogen-bond donors (Lipinski definition) is 4. The molecule has 0 radical (unpaired) electrons. The lowest BCUT2D eigenvalue weighted by atomic mass is 9.93. The minimum absolute atomic E-state index is 0.198. The number of fused-ring (bicyclic) bond motifs is 1. The lowest BCUT2D eigenvalue weighted by Gasteiger charge is -2.20. The first-order chi connectivity index (χ1) is 14.8. The molecule has 31 heavy (non-hydrogen) atoms. The van der Waals surface area contributed by atoms with Crippen LogP contribution in [0.25, 0.3) is 0 Å². The number of nitrogens with zero attached hydrogens (tertiary/aromatic N) is 4. The molecule has 0 saturated carbocycles. The molecule has 1 aliphatic rings. The monoisotopic (exact) mass is 424 g/mol. The molecule has 4 rings (SSSR count). The maximum atomic E-state index is 12.3. The van der Waals surface area contributed by atoms with E-state index in [4.69, 9.17) is 9.26 Å². The van der Waals surface area contributed by atoms with Crippen LogP contribution in [0.1, 0.15) is 32.2 Å². The highest BCUT2D eigenvalue weighted by atomic mass is 16.5. The Kier molecular flexibility index (Phi) is 5.32. The normalized spacial score (nSPS) is 12.9. The average molecular weight is 424 g/mol. The molecule has 0 aliphatic carbocycles. The predicted octanol–water partition coefficient (Wildman–Crippen LogP) is 3.66. The van der Waals surface area contributed by atoms with Crippen molar-refractivity contribution in [1.29, 1.82) is 0 Å². The highest BCUT2D eigenvalue weighted by Crippen LogP contribution is 2.33. The van der Waals surface area contributed by atoms with Gasteiger partial charge in [0, 0.05) is 11.5 Å². The maximum absolute atomic E-state index is 12.3. The summed E-state index contributed by atoms with van der Waals surface area (Å²) in [5.74, 6) is 3.29. The van der Waals surface area contributed by atoms with Crippen LogP contribution in [0.15, 0.2) is 29.0 Å². The van der Waals surface area contributed by atoms with Gasteiger partial charge >= 0.3 is 6.03 Å². The van der Waals surface area contributed by atoms with Crippen LogP contribution in [0.3, 0.4) is 0 Å². The van der Waals surface area contributed by atoms with E-state index in [2.05, 4.69) is 41.4 Å². The summed E-state index contributed by atoms with van der Waals surface area (Å²) in [5, 5.41) is 15.6. The standard InChI is InChI=1S/C20H24N8O3/c1-11-12(25-19(29)27-15-9-13(31-28-15)20(2,3)4)5-6-14(24-11)26-18-16-17(22-10-23-18)21-7-8-30-16/h5-6,9-10H,7-8H2,1-4H3,(H2,25,27,28,29)(H2,21,22,23,24,26). The number of carbonyl (C=O) groups is 1. The van der Waals surface area contributed by atoms with Gasteiger partial charge in [0.15, 0.2) is 17.5 Å². The van der Waals surface area contributed by atoms with Crippen LogP contribution in [-0.4, -0.2) is 39.3 Å². The molecule has 0 fully saturated rings. The largest absolute Gasteiger partial charge is 0.485 e. The minimum Gasteiger partial charge on any atom is -0.485 e. The number of ether oxygens (including phenoxy) is 1. The quantitative estimate of drug-likeness (QED) is 0.494. The van der Waals surface area contributed by atoms with Crippen molar-refractivity contribution in [2.45, 2.75) is 33.1 Å². The second-order valence-corrected chi connectivity index (χ2v) is 8.04. The van der Waals surface area contributed by atoms with E-state index in [9.17, 15) is 4.79 Å². The topological polar surface area (TPSA) is 139 Å². The van der Waals surface area contributed by atoms with Gasteiger partial charge in [-0.25, -0.2) is 19.7 Å². The van der Waals surface area contributed by atoms with Gasteiger partial charge < -0.3 is 25.2 Å². The Labute approximate surface area is 179 Å². The van der Waals surface area contributed by atoms with Crippen LogP contribution in [0.5, 0.6) is 5.75 Å². The van der Waals surface area contributed by atoms with Gasteiger partial charge in [-0.2, -0.15) is 0 Å². The summed E-state index contributed by atoms with van der Waals surface area (Å²) in [7, 11) is 0. The Morgan fingerprint density at radius 2 is 2.00 bits per heavy atom. The Morgan fingerprint density at radius 3 is 2.74 bits per heavy atom. The summed E-state index contributed by atoms with van der Waals surface area (Å²) in [6.07, 6.45) is 1.45. The molecule has 162 valence electrons. The van der Waals surface area contributed by atoms with Gasteiger partial charge in [0.25, 0.3) is 0 Å². The zero-order valence-electron chi connectivity index (χ0n) is 17.7. The van der Waals surface area contributed by atoms with Crippen LogP contribution in [-0.2, 0) is 5.41 Å². The molecule has 3 aromatic heterocycles. The van der Waals surface area contributed by atoms with Crippen molar-refractivity contribution in [2.24, 2.45) is 0 Å². The van der Waals surface area contributed by atoms with Crippen molar-refractivity contribution >= 4 is 35.0 Å². The highest BCUT2D eigenvalue weighted by Gasteiger charge is 2.21. The number of carbonyl (C=O) groups excluding carboxylic acids is 1. The lowest BCUT2D eigenvalue weighted by Crippen LogP contribution is -2.21. The Bertz CT molecular complexity index is 1110. The fourth-order valence-electron chi connectivity index (χ4n) is 2.89. The fourth-order valence-corrected chi connectivity index (χ4v) is 2.89. The average Bonchev–Trinajstić information content (AvgIpc) is 3.19. The first-order valence-electron chi connectivity index (χ1n) is 9.81. The van der Waals surface area contributed by atoms with Crippen molar-refractivity contribution in [2.75, 3.05) is 34.4 Å². The number of rotatable bonds is 4. The molecule has 0 saturated heterocycles. The molecule has 4 heterocycles. The fraction of sp³-hybridized carbons (Fsp3) is 0.350. The lowest BCUT2D eigenvalue weighted by molar-refractivity contribution is 0.262. The van der Waals surface area contributed by atoms with Gasteiger partial charge in [0.1, 0.15) is 24.5 Å². The number of aryl methyl sites for hydroxylation is 1. The van der Waals surface area contributed by atoms with E-state index in [0.29, 0.717) is 59.3 Å². The molecule has 0 spiro atoms. The van der Waals surface area contributed by atoms with E-state index >= 15 is 0 Å². The van der Waals surface area contributed by atoms with Crippen molar-refractivity contribution in [3.8, 4) is 5.75 Å². The summed E-state index contributed by atoms with van der Waals surface area (Å²) in [5.41, 5.74) is 0.986. The third-order valence-electron chi connectivity index (χ3n) is 4.52. The van der Waals surface area contributed by atoms with E-state index < -0.39 is 6.03 Å². The van der Waals surface area contributed by atoms with Crippen molar-refractivity contribution in [3.63, 3.8) is 0 Å². The number of amides is 2. The summed E-state index contributed by atoms with van der Waals surface area (Å²) in [4.78, 5) is 25.2. The first kappa shape index (κ1) is 20.4. The van der Waals surface area contributed by atoms with Crippen LogP contribution < -0.4 is 26.0 Å². The predicted molar refractivity (Wildman–Crippen MR) is 116 cm³/mol. The maximum Gasteiger partial charge on any atom is 0.324 e. The Morgan fingerprint density at radius 1 is 1.16 bits per heavy atom. The van der Waals surface area contributed by atoms with Crippen LogP contribution in [0.2, 0.25) is 0 Å². The number of pyridine rings is 1. The molecular formula is C20H24N8O3. The molecular weight excluding hydrogens is 400 g/mol. The SMILES string of the molecule is Cc1nc(Nc2ncnc3c2OCCN3)ccc1NC(=O)Nc1cc(C(C)(C)C)on1. The van der Waals surface area contributed by atoms with Crippen molar-refractivity contribution in [3.05, 3.63) is 36.0 Å². The van der Waals surface area contributed by atoms with E-state index in [1.807, 2.05) is 20.8 Å². The summed E-state index contributed by atoms with van der Waals surface area (Å²) < 4.78 is 10.9. The summed E-state index contributed by atoms with van der Waals surface area (Å²) >= 11 is 0. The molecule has 0 unspecified atom stereocenters. The molecule has 0 atom stereocenters. The summed E-state index contributed by atoms with van der Waals surface area (Å²) in [6, 6.07) is 4.75. The molecule has 11 nitrogen and oxygen atoms in total. The number of aromatic nitrogens is 4. The molecule has 1 aliphatic heterocycles. The van der Waals surface area contributed by atoms with E-state index in [1.165, 1.54) is 6.33 Å². The number of anilines is 5. The smallest absolute Gasteiger partial charge is 0.324 e. The van der Waals surface area contributed by atoms with E-state index in [-0.39, 0.29) is 5.41 Å². The molecule has 4 N–H and O–H groups in total. The number of urea groups is 1. The van der Waals surface area contributed by atoms with Gasteiger partial charge in [-0.15, -0.1) is 0 Å². The summed E-state index contributed by atoms with van der Waals surface area (Å²) in [6.45, 7) is 9.02. The van der Waals surface area contributed by atoms with Gasteiger partial charge in [0.05, 0.1) is 17.9 Å². The Hall–Kier alpha value is -3.89. The van der Waals surface area contributed by atoms with Crippen LogP contribution in [0.4, 0.5) is 33.8 Å². The first-order valence-corrected chi connectivity index (χ1v) is 9.81. The molecule has 2 amide bonds. The van der Waals surface area contributed by atoms with E-state index in [0.717, 1.165) is 0 Å². The zero-order valence-corrected chi connectivity index (χ0v) is 17.7. The third kappa shape index (κ3) is 4.65. The van der Waals surface area contributed by atoms with Gasteiger partial charge in [0.2, 0.25) is 5.75 Å². The second kappa shape index (κ2) is 8.09. The molecule has 3 aromatic rings. The molecule has 0 bridgehead atoms. The zero-order chi connectivity index (χ0) is 22.0.